The molecule has 0 amide bonds. The Morgan fingerprint density at radius 3 is 2.48 bits per heavy atom. The van der Waals surface area contributed by atoms with Gasteiger partial charge in [0.2, 0.25) is 0 Å². The highest BCUT2D eigenvalue weighted by molar-refractivity contribution is 6.18. The van der Waals surface area contributed by atoms with Crippen molar-refractivity contribution in [3.63, 3.8) is 0 Å². The van der Waals surface area contributed by atoms with Crippen molar-refractivity contribution in [2.75, 3.05) is 13.1 Å². The van der Waals surface area contributed by atoms with Crippen LogP contribution in [0.2, 0.25) is 0 Å². The topological polar surface area (TPSA) is 38.1 Å². The number of carbonyl (C=O) groups is 1. The summed E-state index contributed by atoms with van der Waals surface area (Å²) in [6.45, 7) is 4.69. The normalized spacial score (nSPS) is 15.9. The summed E-state index contributed by atoms with van der Waals surface area (Å²) < 4.78 is 2.48. The van der Waals surface area contributed by atoms with Crippen molar-refractivity contribution in [2.45, 2.75) is 32.4 Å². The van der Waals surface area contributed by atoms with E-state index < -0.39 is 0 Å². The second-order valence-electron chi connectivity index (χ2n) is 7.97. The van der Waals surface area contributed by atoms with Crippen molar-refractivity contribution in [1.82, 2.24) is 14.5 Å². The highest BCUT2D eigenvalue weighted by atomic mass is 16.1. The Morgan fingerprint density at radius 2 is 1.72 bits per heavy atom. The summed E-state index contributed by atoms with van der Waals surface area (Å²) in [7, 11) is 0. The molecule has 1 fully saturated rings. The SMILES string of the molecule is CC(=O)c1cccc2c1c1ccccc1n2C1CCN(Cc2ccccn2)CC1. The van der Waals surface area contributed by atoms with Crippen molar-refractivity contribution in [1.29, 1.82) is 0 Å². The molecule has 2 aromatic carbocycles. The predicted molar refractivity (Wildman–Crippen MR) is 117 cm³/mol. The lowest BCUT2D eigenvalue weighted by atomic mass is 10.0. The van der Waals surface area contributed by atoms with Gasteiger partial charge >= 0.3 is 0 Å². The van der Waals surface area contributed by atoms with Gasteiger partial charge in [0.1, 0.15) is 0 Å². The van der Waals surface area contributed by atoms with E-state index in [1.807, 2.05) is 24.4 Å². The summed E-state index contributed by atoms with van der Waals surface area (Å²) in [5.41, 5.74) is 4.38. The summed E-state index contributed by atoms with van der Waals surface area (Å²) in [6, 6.07) is 21.2. The highest BCUT2D eigenvalue weighted by Crippen LogP contribution is 2.37. The smallest absolute Gasteiger partial charge is 0.160 e. The van der Waals surface area contributed by atoms with Crippen LogP contribution in [0.25, 0.3) is 21.8 Å². The number of benzene rings is 2. The Balaban J connectivity index is 1.49. The zero-order chi connectivity index (χ0) is 19.8. The van der Waals surface area contributed by atoms with Gasteiger partial charge in [-0.3, -0.25) is 14.7 Å². The van der Waals surface area contributed by atoms with Crippen LogP contribution in [0.3, 0.4) is 0 Å². The lowest BCUT2D eigenvalue weighted by molar-refractivity contribution is 0.101. The molecule has 1 aliphatic heterocycles. The molecule has 4 nitrogen and oxygen atoms in total. The Hall–Kier alpha value is -2.98. The molecule has 2 aromatic heterocycles. The van der Waals surface area contributed by atoms with Crippen LogP contribution in [0.4, 0.5) is 0 Å². The number of carbonyl (C=O) groups excluding carboxylic acids is 1. The molecular formula is C25H25N3O. The zero-order valence-electron chi connectivity index (χ0n) is 16.7. The zero-order valence-corrected chi connectivity index (χ0v) is 16.7. The van der Waals surface area contributed by atoms with Gasteiger partial charge in [-0.25, -0.2) is 0 Å². The number of hydrogen-bond acceptors (Lipinski definition) is 3. The second-order valence-corrected chi connectivity index (χ2v) is 7.97. The fourth-order valence-electron chi connectivity index (χ4n) is 4.79. The molecule has 29 heavy (non-hydrogen) atoms. The molecule has 0 unspecified atom stereocenters. The van der Waals surface area contributed by atoms with Crippen LogP contribution in [0.5, 0.6) is 0 Å². The molecule has 0 radical (unpaired) electrons. The number of piperidine rings is 1. The van der Waals surface area contributed by atoms with Gasteiger partial charge in [0.25, 0.3) is 0 Å². The molecule has 1 aliphatic rings. The summed E-state index contributed by atoms with van der Waals surface area (Å²) >= 11 is 0. The van der Waals surface area contributed by atoms with Gasteiger partial charge in [-0.05, 0) is 44.0 Å². The average Bonchev–Trinajstić information content (AvgIpc) is 3.09. The third kappa shape index (κ3) is 3.23. The van der Waals surface area contributed by atoms with Gasteiger partial charge in [0.05, 0.1) is 11.2 Å². The maximum atomic E-state index is 12.3. The number of aromatic nitrogens is 2. The lowest BCUT2D eigenvalue weighted by Crippen LogP contribution is -2.34. The van der Waals surface area contributed by atoms with Crippen LogP contribution < -0.4 is 0 Å². The van der Waals surface area contributed by atoms with Gasteiger partial charge in [-0.15, -0.1) is 0 Å². The maximum absolute atomic E-state index is 12.3. The van der Waals surface area contributed by atoms with E-state index >= 15 is 0 Å². The molecule has 146 valence electrons. The summed E-state index contributed by atoms with van der Waals surface area (Å²) in [5, 5.41) is 2.29. The first kappa shape index (κ1) is 18.1. The van der Waals surface area contributed by atoms with E-state index in [1.165, 1.54) is 16.4 Å². The van der Waals surface area contributed by atoms with E-state index in [-0.39, 0.29) is 5.78 Å². The first-order chi connectivity index (χ1) is 14.2. The molecule has 5 rings (SSSR count). The van der Waals surface area contributed by atoms with Crippen molar-refractivity contribution >= 4 is 27.6 Å². The van der Waals surface area contributed by atoms with Crippen molar-refractivity contribution in [3.05, 3.63) is 78.1 Å². The molecular weight excluding hydrogens is 358 g/mol. The molecule has 3 heterocycles. The van der Waals surface area contributed by atoms with Gasteiger partial charge in [-0.2, -0.15) is 0 Å². The number of Topliss-reactive ketones (excluding diaryl/α,β-unsaturated/α-hetero) is 1. The maximum Gasteiger partial charge on any atom is 0.160 e. The number of likely N-dealkylation sites (tertiary alicyclic amines) is 1. The number of ketones is 1. The predicted octanol–water partition coefficient (Wildman–Crippen LogP) is 5.23. The Morgan fingerprint density at radius 1 is 0.966 bits per heavy atom. The van der Waals surface area contributed by atoms with Crippen LogP contribution in [0.1, 0.15) is 41.9 Å². The van der Waals surface area contributed by atoms with Crippen LogP contribution in [-0.2, 0) is 6.54 Å². The number of pyridine rings is 1. The number of hydrogen-bond donors (Lipinski definition) is 0. The van der Waals surface area contributed by atoms with Crippen molar-refractivity contribution < 1.29 is 4.79 Å². The molecule has 1 saturated heterocycles. The van der Waals surface area contributed by atoms with Crippen LogP contribution in [-0.4, -0.2) is 33.3 Å². The lowest BCUT2D eigenvalue weighted by Gasteiger charge is -2.33. The molecule has 4 heteroatoms. The van der Waals surface area contributed by atoms with Gasteiger partial charge in [-0.1, -0.05) is 36.4 Å². The van der Waals surface area contributed by atoms with Crippen LogP contribution in [0, 0.1) is 0 Å². The molecule has 0 N–H and O–H groups in total. The van der Waals surface area contributed by atoms with Crippen LogP contribution >= 0.6 is 0 Å². The highest BCUT2D eigenvalue weighted by Gasteiger charge is 2.25. The molecule has 0 saturated carbocycles. The first-order valence-corrected chi connectivity index (χ1v) is 10.4. The first-order valence-electron chi connectivity index (χ1n) is 10.4. The minimum atomic E-state index is 0.128. The molecule has 4 aromatic rings. The summed E-state index contributed by atoms with van der Waals surface area (Å²) in [5.74, 6) is 0.128. The molecule has 0 atom stereocenters. The van der Waals surface area contributed by atoms with E-state index in [4.69, 9.17) is 0 Å². The van der Waals surface area contributed by atoms with Gasteiger partial charge < -0.3 is 4.57 Å². The van der Waals surface area contributed by atoms with Crippen molar-refractivity contribution in [2.24, 2.45) is 0 Å². The number of para-hydroxylation sites is 1. The van der Waals surface area contributed by atoms with E-state index in [9.17, 15) is 4.79 Å². The van der Waals surface area contributed by atoms with Gasteiger partial charge in [0, 0.05) is 53.7 Å². The number of rotatable bonds is 4. The molecule has 0 spiro atoms. The fraction of sp³-hybridized carbons (Fsp3) is 0.280. The summed E-state index contributed by atoms with van der Waals surface area (Å²) in [6.07, 6.45) is 4.07. The largest absolute Gasteiger partial charge is 0.337 e. The number of fused-ring (bicyclic) bond motifs is 3. The standard InChI is InChI=1S/C25H25N3O/c1-18(29)21-9-6-11-24-25(21)22-8-2-3-10-23(22)28(24)20-12-15-27(16-13-20)17-19-7-4-5-14-26-19/h2-11,14,20H,12-13,15-17H2,1H3. The number of nitrogens with zero attached hydrogens (tertiary/aromatic N) is 3. The molecule has 0 bridgehead atoms. The minimum absolute atomic E-state index is 0.128. The quantitative estimate of drug-likeness (QED) is 0.453. The average molecular weight is 383 g/mol. The summed E-state index contributed by atoms with van der Waals surface area (Å²) in [4.78, 5) is 19.2. The van der Waals surface area contributed by atoms with Crippen molar-refractivity contribution in [3.8, 4) is 0 Å². The third-order valence-electron chi connectivity index (χ3n) is 6.15. The Labute approximate surface area is 170 Å². The van der Waals surface area contributed by atoms with E-state index in [1.54, 1.807) is 6.92 Å². The second kappa shape index (κ2) is 7.45. The Bertz CT molecular complexity index is 1170. The Kier molecular flexibility index (Phi) is 4.64. The van der Waals surface area contributed by atoms with Gasteiger partial charge in [0.15, 0.2) is 5.78 Å². The van der Waals surface area contributed by atoms with E-state index in [0.29, 0.717) is 6.04 Å². The fourth-order valence-corrected chi connectivity index (χ4v) is 4.79. The van der Waals surface area contributed by atoms with E-state index in [0.717, 1.165) is 49.1 Å². The monoisotopic (exact) mass is 383 g/mol. The van der Waals surface area contributed by atoms with E-state index in [2.05, 4.69) is 56.9 Å². The third-order valence-corrected chi connectivity index (χ3v) is 6.15. The molecule has 0 aliphatic carbocycles. The van der Waals surface area contributed by atoms with Crippen LogP contribution in [0.15, 0.2) is 66.9 Å². The minimum Gasteiger partial charge on any atom is -0.337 e.